The van der Waals surface area contributed by atoms with Gasteiger partial charge in [0, 0.05) is 17.5 Å². The summed E-state index contributed by atoms with van der Waals surface area (Å²) >= 11 is 0. The Labute approximate surface area is 166 Å². The van der Waals surface area contributed by atoms with Gasteiger partial charge < -0.3 is 19.1 Å². The molecule has 2 rings (SSSR count). The maximum absolute atomic E-state index is 12.9. The van der Waals surface area contributed by atoms with Gasteiger partial charge in [0.1, 0.15) is 12.4 Å². The van der Waals surface area contributed by atoms with Crippen LogP contribution in [-0.4, -0.2) is 23.4 Å². The van der Waals surface area contributed by atoms with Crippen molar-refractivity contribution < 1.29 is 14.6 Å². The molecule has 5 heteroatoms. The van der Waals surface area contributed by atoms with Gasteiger partial charge in [-0.2, -0.15) is 0 Å². The van der Waals surface area contributed by atoms with E-state index in [2.05, 4.69) is 26.8 Å². The van der Waals surface area contributed by atoms with Crippen LogP contribution in [0.2, 0.25) is 0 Å². The van der Waals surface area contributed by atoms with Crippen molar-refractivity contribution in [2.45, 2.75) is 53.5 Å². The SMILES string of the molecule is COc1c(OC/C=C(\C)CCC=C(C)C)c2ccc(O)cc2n(C(C)C)c1=O. The van der Waals surface area contributed by atoms with Crippen molar-refractivity contribution in [2.75, 3.05) is 13.7 Å². The summed E-state index contributed by atoms with van der Waals surface area (Å²) in [5, 5.41) is 10.6. The second-order valence-electron chi connectivity index (χ2n) is 7.51. The van der Waals surface area contributed by atoms with E-state index in [-0.39, 0.29) is 23.1 Å². The number of phenols is 1. The Balaban J connectivity index is 2.40. The van der Waals surface area contributed by atoms with Crippen LogP contribution in [0.25, 0.3) is 10.9 Å². The third-order valence-electron chi connectivity index (χ3n) is 4.58. The fraction of sp³-hybridized carbons (Fsp3) is 0.435. The Morgan fingerprint density at radius 1 is 1.18 bits per heavy atom. The van der Waals surface area contributed by atoms with Crippen LogP contribution in [0.5, 0.6) is 17.2 Å². The fourth-order valence-electron chi connectivity index (χ4n) is 3.14. The molecule has 0 atom stereocenters. The van der Waals surface area contributed by atoms with E-state index in [0.29, 0.717) is 17.9 Å². The maximum atomic E-state index is 12.9. The van der Waals surface area contributed by atoms with Crippen LogP contribution in [0.3, 0.4) is 0 Å². The Morgan fingerprint density at radius 2 is 1.89 bits per heavy atom. The van der Waals surface area contributed by atoms with Crippen LogP contribution in [0, 0.1) is 0 Å². The molecule has 1 N–H and O–H groups in total. The molecule has 0 aliphatic carbocycles. The number of allylic oxidation sites excluding steroid dienone is 3. The molecular weight excluding hydrogens is 354 g/mol. The number of pyridine rings is 1. The number of hydrogen-bond donors (Lipinski definition) is 1. The zero-order valence-corrected chi connectivity index (χ0v) is 17.7. The minimum absolute atomic E-state index is 0.0861. The highest BCUT2D eigenvalue weighted by molar-refractivity contribution is 5.89. The van der Waals surface area contributed by atoms with Gasteiger partial charge in [0.25, 0.3) is 5.56 Å². The molecule has 0 saturated carbocycles. The van der Waals surface area contributed by atoms with Crippen molar-refractivity contribution in [2.24, 2.45) is 0 Å². The number of hydrogen-bond acceptors (Lipinski definition) is 4. The summed E-state index contributed by atoms with van der Waals surface area (Å²) in [5.41, 5.74) is 2.90. The van der Waals surface area contributed by atoms with Crippen molar-refractivity contribution in [1.82, 2.24) is 4.57 Å². The van der Waals surface area contributed by atoms with Crippen molar-refractivity contribution >= 4 is 10.9 Å². The average Bonchev–Trinajstić information content (AvgIpc) is 2.60. The lowest BCUT2D eigenvalue weighted by atomic mass is 10.1. The smallest absolute Gasteiger partial charge is 0.297 e. The van der Waals surface area contributed by atoms with Gasteiger partial charge in [0.05, 0.1) is 12.6 Å². The van der Waals surface area contributed by atoms with E-state index in [1.165, 1.54) is 18.3 Å². The zero-order chi connectivity index (χ0) is 20.8. The highest BCUT2D eigenvalue weighted by Gasteiger charge is 2.20. The van der Waals surface area contributed by atoms with Gasteiger partial charge in [-0.1, -0.05) is 17.2 Å². The first kappa shape index (κ1) is 21.6. The molecule has 0 aliphatic rings. The summed E-state index contributed by atoms with van der Waals surface area (Å²) in [6, 6.07) is 4.84. The van der Waals surface area contributed by atoms with Gasteiger partial charge in [-0.15, -0.1) is 0 Å². The van der Waals surface area contributed by atoms with Crippen LogP contribution < -0.4 is 15.0 Å². The van der Waals surface area contributed by atoms with Crippen LogP contribution in [0.1, 0.15) is 53.5 Å². The van der Waals surface area contributed by atoms with E-state index in [1.54, 1.807) is 22.8 Å². The van der Waals surface area contributed by atoms with Crippen molar-refractivity contribution in [3.05, 3.63) is 51.9 Å². The molecule has 0 bridgehead atoms. The Kier molecular flexibility index (Phi) is 7.32. The van der Waals surface area contributed by atoms with E-state index in [1.807, 2.05) is 19.9 Å². The number of rotatable bonds is 8. The van der Waals surface area contributed by atoms with Crippen molar-refractivity contribution in [3.8, 4) is 17.2 Å². The summed E-state index contributed by atoms with van der Waals surface area (Å²) in [7, 11) is 1.47. The van der Waals surface area contributed by atoms with Gasteiger partial charge in [0.15, 0.2) is 5.75 Å². The number of fused-ring (bicyclic) bond motifs is 1. The molecule has 0 radical (unpaired) electrons. The average molecular weight is 386 g/mol. The van der Waals surface area contributed by atoms with E-state index >= 15 is 0 Å². The quantitative estimate of drug-likeness (QED) is 0.621. The third kappa shape index (κ3) is 4.97. The molecule has 0 aliphatic heterocycles. The summed E-state index contributed by atoms with van der Waals surface area (Å²) < 4.78 is 13.0. The molecular formula is C23H31NO4. The minimum Gasteiger partial charge on any atom is -0.508 e. The van der Waals surface area contributed by atoms with Crippen LogP contribution in [-0.2, 0) is 0 Å². The van der Waals surface area contributed by atoms with Gasteiger partial charge >= 0.3 is 0 Å². The monoisotopic (exact) mass is 385 g/mol. The summed E-state index contributed by atoms with van der Waals surface area (Å²) in [6.45, 7) is 10.4. The topological polar surface area (TPSA) is 60.7 Å². The normalized spacial score (nSPS) is 11.8. The summed E-state index contributed by atoms with van der Waals surface area (Å²) in [5.74, 6) is 0.697. The number of aromatic hydroxyl groups is 1. The molecule has 1 heterocycles. The standard InChI is InChI=1S/C23H31NO4/c1-15(2)8-7-9-17(5)12-13-28-21-19-11-10-18(25)14-20(19)24(16(3)4)23(26)22(21)27-6/h8,10-12,14,16,25H,7,9,13H2,1-6H3/b17-12+. The maximum Gasteiger partial charge on any atom is 0.297 e. The first-order valence-corrected chi connectivity index (χ1v) is 9.63. The Hall–Kier alpha value is -2.69. The highest BCUT2D eigenvalue weighted by Crippen LogP contribution is 2.35. The molecule has 0 spiro atoms. The number of ether oxygens (including phenoxy) is 2. The summed E-state index contributed by atoms with van der Waals surface area (Å²) in [6.07, 6.45) is 6.21. The van der Waals surface area contributed by atoms with Gasteiger partial charge in [-0.3, -0.25) is 4.79 Å². The van der Waals surface area contributed by atoms with Crippen LogP contribution in [0.15, 0.2) is 46.3 Å². The lowest BCUT2D eigenvalue weighted by Crippen LogP contribution is -2.24. The van der Waals surface area contributed by atoms with Crippen molar-refractivity contribution in [3.63, 3.8) is 0 Å². The lowest BCUT2D eigenvalue weighted by molar-refractivity contribution is 0.323. The Morgan fingerprint density at radius 3 is 2.50 bits per heavy atom. The third-order valence-corrected chi connectivity index (χ3v) is 4.58. The van der Waals surface area contributed by atoms with E-state index < -0.39 is 0 Å². The molecule has 2 aromatic rings. The number of benzene rings is 1. The molecule has 5 nitrogen and oxygen atoms in total. The highest BCUT2D eigenvalue weighted by atomic mass is 16.5. The molecule has 28 heavy (non-hydrogen) atoms. The minimum atomic E-state index is -0.269. The molecule has 0 unspecified atom stereocenters. The molecule has 0 saturated heterocycles. The van der Waals surface area contributed by atoms with Crippen LogP contribution >= 0.6 is 0 Å². The van der Waals surface area contributed by atoms with E-state index in [4.69, 9.17) is 9.47 Å². The fourth-order valence-corrected chi connectivity index (χ4v) is 3.14. The van der Waals surface area contributed by atoms with Gasteiger partial charge in [0.2, 0.25) is 5.75 Å². The molecule has 1 aromatic heterocycles. The zero-order valence-electron chi connectivity index (χ0n) is 17.7. The molecule has 1 aromatic carbocycles. The van der Waals surface area contributed by atoms with Crippen molar-refractivity contribution in [1.29, 1.82) is 0 Å². The van der Waals surface area contributed by atoms with Gasteiger partial charge in [-0.05, 0) is 65.7 Å². The molecule has 0 amide bonds. The second kappa shape index (κ2) is 9.49. The number of nitrogens with zero attached hydrogens (tertiary/aromatic N) is 1. The molecule has 152 valence electrons. The number of phenolic OH excluding ortho intramolecular Hbond substituents is 1. The van der Waals surface area contributed by atoms with E-state index in [9.17, 15) is 9.90 Å². The van der Waals surface area contributed by atoms with Crippen LogP contribution in [0.4, 0.5) is 0 Å². The largest absolute Gasteiger partial charge is 0.508 e. The first-order valence-electron chi connectivity index (χ1n) is 9.63. The predicted octanol–water partition coefficient (Wildman–Crippen LogP) is 5.37. The predicted molar refractivity (Wildman–Crippen MR) is 115 cm³/mol. The van der Waals surface area contributed by atoms with E-state index in [0.717, 1.165) is 18.2 Å². The number of aromatic nitrogens is 1. The number of methoxy groups -OCH3 is 1. The van der Waals surface area contributed by atoms with Gasteiger partial charge in [-0.25, -0.2) is 0 Å². The first-order chi connectivity index (χ1) is 13.3. The molecule has 0 fully saturated rings. The Bertz CT molecular complexity index is 947. The summed E-state index contributed by atoms with van der Waals surface area (Å²) in [4.78, 5) is 12.9. The second-order valence-corrected chi connectivity index (χ2v) is 7.51. The lowest BCUT2D eigenvalue weighted by Gasteiger charge is -2.19.